The molecule has 0 bridgehead atoms. The van der Waals surface area contributed by atoms with Crippen molar-refractivity contribution < 1.29 is 13.2 Å². The standard InChI is InChI=1S/C24H33N7O3S/c1-17(2)27-23(26-16-25)21-15-30-11-12-34-22-7-6-19(13-20(22)24(30)28-21)35(32,33)31-10-9-29-8-4-3-5-18(29)14-31/h6-7,13,15-18H,3-5,8-12,14H2,1-2H3,(H2,25,26,27). The summed E-state index contributed by atoms with van der Waals surface area (Å²) in [6.07, 6.45) is 6.26. The summed E-state index contributed by atoms with van der Waals surface area (Å²) < 4.78 is 36.8. The third kappa shape index (κ3) is 4.72. The summed E-state index contributed by atoms with van der Waals surface area (Å²) in [7, 11) is -3.65. The van der Waals surface area contributed by atoms with E-state index >= 15 is 0 Å². The van der Waals surface area contributed by atoms with Crippen LogP contribution in [0.1, 0.15) is 38.8 Å². The fourth-order valence-electron chi connectivity index (χ4n) is 5.15. The number of rotatable bonds is 5. The van der Waals surface area contributed by atoms with E-state index in [9.17, 15) is 8.42 Å². The van der Waals surface area contributed by atoms with Crippen molar-refractivity contribution in [2.75, 3.05) is 32.8 Å². The van der Waals surface area contributed by atoms with Gasteiger partial charge in [0, 0.05) is 37.9 Å². The maximum Gasteiger partial charge on any atom is 0.243 e. The predicted octanol–water partition coefficient (Wildman–Crippen LogP) is 2.15. The van der Waals surface area contributed by atoms with Crippen LogP contribution >= 0.6 is 0 Å². The fourth-order valence-corrected chi connectivity index (χ4v) is 6.64. The number of aliphatic imine (C=N–C) groups is 1. The van der Waals surface area contributed by atoms with Crippen LogP contribution in [0.5, 0.6) is 5.75 Å². The molecule has 5 rings (SSSR count). The van der Waals surface area contributed by atoms with Gasteiger partial charge in [-0.2, -0.15) is 4.31 Å². The molecule has 1 aromatic carbocycles. The second-order valence-corrected chi connectivity index (χ2v) is 11.5. The maximum absolute atomic E-state index is 13.7. The topological polar surface area (TPSA) is 116 Å². The highest BCUT2D eigenvalue weighted by Gasteiger charge is 2.35. The molecule has 0 saturated carbocycles. The number of imidazole rings is 1. The van der Waals surface area contributed by atoms with Crippen LogP contribution in [0.3, 0.4) is 0 Å². The van der Waals surface area contributed by atoms with Crippen molar-refractivity contribution in [2.45, 2.75) is 56.6 Å². The molecular formula is C24H33N7O3S. The van der Waals surface area contributed by atoms with Crippen molar-refractivity contribution in [3.8, 4) is 17.1 Å². The van der Waals surface area contributed by atoms with Crippen molar-refractivity contribution in [1.82, 2.24) is 24.1 Å². The maximum atomic E-state index is 13.7. The Balaban J connectivity index is 1.49. The quantitative estimate of drug-likeness (QED) is 0.481. The summed E-state index contributed by atoms with van der Waals surface area (Å²) >= 11 is 0. The number of benzene rings is 1. The molecule has 1 unspecified atom stereocenters. The Morgan fingerprint density at radius 1 is 1.26 bits per heavy atom. The number of nitrogens with one attached hydrogen (secondary N) is 2. The first kappa shape index (κ1) is 24.0. The third-order valence-electron chi connectivity index (χ3n) is 6.86. The summed E-state index contributed by atoms with van der Waals surface area (Å²) in [6, 6.07) is 5.49. The van der Waals surface area contributed by atoms with Crippen molar-refractivity contribution in [3.63, 3.8) is 0 Å². The van der Waals surface area contributed by atoms with Gasteiger partial charge in [-0.1, -0.05) is 6.42 Å². The summed E-state index contributed by atoms with van der Waals surface area (Å²) in [6.45, 7) is 7.90. The van der Waals surface area contributed by atoms with Crippen LogP contribution in [0.2, 0.25) is 0 Å². The van der Waals surface area contributed by atoms with E-state index in [0.29, 0.717) is 60.9 Å². The van der Waals surface area contributed by atoms with E-state index < -0.39 is 10.0 Å². The molecule has 3 aliphatic heterocycles. The Kier molecular flexibility index (Phi) is 6.65. The molecule has 2 aromatic rings. The Labute approximate surface area is 206 Å². The minimum Gasteiger partial charge on any atom is -0.491 e. The number of amidine groups is 1. The summed E-state index contributed by atoms with van der Waals surface area (Å²) in [5.41, 5.74) is 1.25. The number of piperazine rings is 1. The zero-order chi connectivity index (χ0) is 24.6. The first-order chi connectivity index (χ1) is 16.9. The molecule has 1 aromatic heterocycles. The van der Waals surface area contributed by atoms with Crippen LogP contribution in [-0.2, 0) is 16.6 Å². The largest absolute Gasteiger partial charge is 0.491 e. The van der Waals surface area contributed by atoms with Crippen LogP contribution in [0.15, 0.2) is 34.3 Å². The van der Waals surface area contributed by atoms with E-state index in [4.69, 9.17) is 15.1 Å². The Morgan fingerprint density at radius 3 is 2.91 bits per heavy atom. The lowest BCUT2D eigenvalue weighted by molar-refractivity contribution is 0.0852. The van der Waals surface area contributed by atoms with Gasteiger partial charge in [0.05, 0.1) is 17.0 Å². The number of sulfonamides is 1. The zero-order valence-corrected chi connectivity index (χ0v) is 21.1. The summed E-state index contributed by atoms with van der Waals surface area (Å²) in [5, 5.41) is 10.6. The van der Waals surface area contributed by atoms with Crippen LogP contribution in [0.4, 0.5) is 0 Å². The van der Waals surface area contributed by atoms with Gasteiger partial charge in [-0.05, 0) is 51.4 Å². The molecule has 0 radical (unpaired) electrons. The van der Waals surface area contributed by atoms with Gasteiger partial charge in [-0.25, -0.2) is 18.4 Å². The van der Waals surface area contributed by atoms with E-state index in [-0.39, 0.29) is 10.9 Å². The van der Waals surface area contributed by atoms with E-state index in [1.165, 1.54) is 6.42 Å². The number of nitrogens with zero attached hydrogens (tertiary/aromatic N) is 5. The van der Waals surface area contributed by atoms with E-state index in [1.807, 2.05) is 24.6 Å². The van der Waals surface area contributed by atoms with Crippen LogP contribution in [-0.4, -0.2) is 84.2 Å². The number of piperidine rings is 1. The SMILES string of the molecule is CC(C)N/C(=N\C=N)c1cn2c(n1)-c1cc(S(=O)(=O)N3CCN4CCCCC4C3)ccc1OCC2. The lowest BCUT2D eigenvalue weighted by Crippen LogP contribution is -2.56. The second kappa shape index (κ2) is 9.71. The van der Waals surface area contributed by atoms with Gasteiger partial charge in [-0.15, -0.1) is 0 Å². The highest BCUT2D eigenvalue weighted by molar-refractivity contribution is 7.89. The average molecular weight is 500 g/mol. The molecule has 10 nitrogen and oxygen atoms in total. The minimum absolute atomic E-state index is 0.118. The molecule has 3 aliphatic rings. The van der Waals surface area contributed by atoms with Gasteiger partial charge in [-0.3, -0.25) is 10.3 Å². The minimum atomic E-state index is -3.65. The lowest BCUT2D eigenvalue weighted by atomic mass is 10.0. The smallest absolute Gasteiger partial charge is 0.243 e. The monoisotopic (exact) mass is 499 g/mol. The van der Waals surface area contributed by atoms with Crippen LogP contribution < -0.4 is 10.1 Å². The second-order valence-electron chi connectivity index (χ2n) is 9.60. The average Bonchev–Trinajstić information content (AvgIpc) is 3.19. The molecule has 0 aliphatic carbocycles. The van der Waals surface area contributed by atoms with Crippen molar-refractivity contribution in [1.29, 1.82) is 5.41 Å². The molecule has 2 saturated heterocycles. The van der Waals surface area contributed by atoms with Crippen molar-refractivity contribution >= 4 is 22.2 Å². The Hall–Kier alpha value is -2.76. The predicted molar refractivity (Wildman–Crippen MR) is 135 cm³/mol. The Morgan fingerprint density at radius 2 is 2.11 bits per heavy atom. The highest BCUT2D eigenvalue weighted by Crippen LogP contribution is 2.35. The van der Waals surface area contributed by atoms with Gasteiger partial charge in [0.1, 0.15) is 30.2 Å². The zero-order valence-electron chi connectivity index (χ0n) is 20.3. The highest BCUT2D eigenvalue weighted by atomic mass is 32.2. The van der Waals surface area contributed by atoms with Crippen LogP contribution in [0, 0.1) is 5.41 Å². The molecule has 188 valence electrons. The number of ether oxygens (including phenoxy) is 1. The van der Waals surface area contributed by atoms with Gasteiger partial charge >= 0.3 is 0 Å². The van der Waals surface area contributed by atoms with Gasteiger partial charge in [0.15, 0.2) is 5.84 Å². The number of fused-ring (bicyclic) bond motifs is 4. The lowest BCUT2D eigenvalue weighted by Gasteiger charge is -2.43. The molecule has 1 atom stereocenters. The van der Waals surface area contributed by atoms with Gasteiger partial charge in [0.25, 0.3) is 0 Å². The normalized spacial score (nSPS) is 21.5. The fraction of sp³-hybridized carbons (Fsp3) is 0.542. The molecule has 4 heterocycles. The first-order valence-corrected chi connectivity index (χ1v) is 13.7. The number of aromatic nitrogens is 2. The molecule has 35 heavy (non-hydrogen) atoms. The van der Waals surface area contributed by atoms with E-state index in [0.717, 1.165) is 32.3 Å². The summed E-state index contributed by atoms with van der Waals surface area (Å²) in [4.78, 5) is 11.6. The molecule has 0 amide bonds. The van der Waals surface area contributed by atoms with Gasteiger partial charge in [0.2, 0.25) is 10.0 Å². The van der Waals surface area contributed by atoms with Crippen LogP contribution in [0.25, 0.3) is 11.4 Å². The van der Waals surface area contributed by atoms with Crippen molar-refractivity contribution in [2.24, 2.45) is 4.99 Å². The van der Waals surface area contributed by atoms with E-state index in [1.54, 1.807) is 22.5 Å². The van der Waals surface area contributed by atoms with Crippen molar-refractivity contribution in [3.05, 3.63) is 30.1 Å². The molecule has 11 heteroatoms. The molecule has 2 fully saturated rings. The third-order valence-corrected chi connectivity index (χ3v) is 8.72. The number of hydrogen-bond donors (Lipinski definition) is 2. The van der Waals surface area contributed by atoms with E-state index in [2.05, 4.69) is 15.2 Å². The first-order valence-electron chi connectivity index (χ1n) is 12.3. The molecule has 0 spiro atoms. The molecular weight excluding hydrogens is 466 g/mol. The van der Waals surface area contributed by atoms with Gasteiger partial charge < -0.3 is 14.6 Å². The Bertz CT molecular complexity index is 1240. The number of hydrogen-bond acceptors (Lipinski definition) is 6. The molecule has 2 N–H and O–H groups in total. The summed E-state index contributed by atoms with van der Waals surface area (Å²) in [5.74, 6) is 1.75.